The van der Waals surface area contributed by atoms with Crippen LogP contribution in [0.1, 0.15) is 33.5 Å². The summed E-state index contributed by atoms with van der Waals surface area (Å²) in [4.78, 5) is 25.0. The fraction of sp³-hybridized carbons (Fsp3) is 0.158. The fourth-order valence-electron chi connectivity index (χ4n) is 2.87. The van der Waals surface area contributed by atoms with Gasteiger partial charge in [0.15, 0.2) is 0 Å². The van der Waals surface area contributed by atoms with Gasteiger partial charge in [0, 0.05) is 16.5 Å². The second kappa shape index (κ2) is 6.01. The van der Waals surface area contributed by atoms with E-state index in [9.17, 15) is 9.59 Å². The topological polar surface area (TPSA) is 34.1 Å². The molecule has 0 fully saturated rings. The fourth-order valence-corrected chi connectivity index (χ4v) is 3.26. The minimum atomic E-state index is -0.394. The van der Waals surface area contributed by atoms with Crippen molar-refractivity contribution >= 4 is 33.1 Å². The maximum absolute atomic E-state index is 12.5. The summed E-state index contributed by atoms with van der Waals surface area (Å²) < 4.78 is 0. The molecule has 3 heteroatoms. The molecule has 0 saturated carbocycles. The van der Waals surface area contributed by atoms with Gasteiger partial charge in [0.2, 0.25) is 11.6 Å². The van der Waals surface area contributed by atoms with E-state index in [2.05, 4.69) is 15.9 Å². The van der Waals surface area contributed by atoms with Crippen LogP contribution in [0, 0.1) is 6.92 Å². The van der Waals surface area contributed by atoms with Crippen LogP contribution in [0.5, 0.6) is 0 Å². The van der Waals surface area contributed by atoms with Crippen LogP contribution < -0.4 is 0 Å². The summed E-state index contributed by atoms with van der Waals surface area (Å²) in [6.07, 6.45) is 0.544. The van der Waals surface area contributed by atoms with Crippen LogP contribution in [-0.4, -0.2) is 16.9 Å². The molecular formula is C19H15BrO2. The number of carbonyl (C=O) groups excluding carboxylic acids is 2. The van der Waals surface area contributed by atoms with E-state index in [0.717, 1.165) is 22.3 Å². The Hall–Kier alpha value is -2.00. The highest BCUT2D eigenvalue weighted by atomic mass is 79.9. The SMILES string of the molecule is Cc1ccc2c(c1)C(=O)C(=O)C(CCBr)=C2c1ccccc1. The van der Waals surface area contributed by atoms with Gasteiger partial charge in [0.05, 0.1) is 0 Å². The van der Waals surface area contributed by atoms with Crippen LogP contribution in [-0.2, 0) is 4.79 Å². The molecule has 2 nitrogen and oxygen atoms in total. The van der Waals surface area contributed by atoms with E-state index in [-0.39, 0.29) is 5.78 Å². The molecule has 0 unspecified atom stereocenters. The molecule has 2 aromatic rings. The number of hydrogen-bond acceptors (Lipinski definition) is 2. The number of hydrogen-bond donors (Lipinski definition) is 0. The van der Waals surface area contributed by atoms with Crippen molar-refractivity contribution in [3.05, 3.63) is 76.4 Å². The van der Waals surface area contributed by atoms with Crippen molar-refractivity contribution in [3.63, 3.8) is 0 Å². The van der Waals surface area contributed by atoms with E-state index in [1.807, 2.05) is 55.5 Å². The first-order chi connectivity index (χ1) is 10.6. The first-order valence-electron chi connectivity index (χ1n) is 7.18. The summed E-state index contributed by atoms with van der Waals surface area (Å²) in [5, 5.41) is 0.652. The van der Waals surface area contributed by atoms with Gasteiger partial charge >= 0.3 is 0 Å². The van der Waals surface area contributed by atoms with Crippen LogP contribution in [0.2, 0.25) is 0 Å². The third-order valence-corrected chi connectivity index (χ3v) is 4.27. The number of rotatable bonds is 3. The van der Waals surface area contributed by atoms with E-state index in [4.69, 9.17) is 0 Å². The summed E-state index contributed by atoms with van der Waals surface area (Å²) in [5.41, 5.74) is 4.82. The van der Waals surface area contributed by atoms with Gasteiger partial charge in [0.25, 0.3) is 0 Å². The predicted molar refractivity (Wildman–Crippen MR) is 91.4 cm³/mol. The Labute approximate surface area is 138 Å². The second-order valence-electron chi connectivity index (χ2n) is 5.37. The quantitative estimate of drug-likeness (QED) is 0.606. The lowest BCUT2D eigenvalue weighted by molar-refractivity contribution is -0.112. The van der Waals surface area contributed by atoms with Crippen molar-refractivity contribution < 1.29 is 9.59 Å². The van der Waals surface area contributed by atoms with Gasteiger partial charge in [-0.1, -0.05) is 64.0 Å². The lowest BCUT2D eigenvalue weighted by atomic mass is 9.79. The van der Waals surface area contributed by atoms with Crippen molar-refractivity contribution in [1.82, 2.24) is 0 Å². The molecule has 0 saturated heterocycles. The number of fused-ring (bicyclic) bond motifs is 1. The van der Waals surface area contributed by atoms with Gasteiger partial charge in [-0.05, 0) is 36.1 Å². The van der Waals surface area contributed by atoms with Gasteiger partial charge in [-0.3, -0.25) is 9.59 Å². The monoisotopic (exact) mass is 354 g/mol. The number of halogens is 1. The molecule has 0 atom stereocenters. The Kier molecular flexibility index (Phi) is 4.08. The van der Waals surface area contributed by atoms with E-state index < -0.39 is 5.78 Å². The number of Topliss-reactive ketones (excluding diaryl/α,β-unsaturated/α-hetero) is 2. The minimum Gasteiger partial charge on any atom is -0.285 e. The molecule has 0 N–H and O–H groups in total. The lowest BCUT2D eigenvalue weighted by Gasteiger charge is -2.22. The number of carbonyl (C=O) groups is 2. The Bertz CT molecular complexity index is 788. The van der Waals surface area contributed by atoms with Gasteiger partial charge < -0.3 is 0 Å². The molecule has 3 rings (SSSR count). The van der Waals surface area contributed by atoms with Crippen LogP contribution in [0.3, 0.4) is 0 Å². The highest BCUT2D eigenvalue weighted by Crippen LogP contribution is 2.36. The Morgan fingerprint density at radius 2 is 1.64 bits per heavy atom. The summed E-state index contributed by atoms with van der Waals surface area (Å²) in [6, 6.07) is 15.5. The van der Waals surface area contributed by atoms with Crippen LogP contribution in [0.4, 0.5) is 0 Å². The van der Waals surface area contributed by atoms with E-state index in [1.54, 1.807) is 0 Å². The summed E-state index contributed by atoms with van der Waals surface area (Å²) in [6.45, 7) is 1.93. The number of allylic oxidation sites excluding steroid dienone is 1. The molecule has 0 amide bonds. The number of alkyl halides is 1. The highest BCUT2D eigenvalue weighted by Gasteiger charge is 2.32. The van der Waals surface area contributed by atoms with Crippen molar-refractivity contribution in [1.29, 1.82) is 0 Å². The number of ketones is 2. The standard InChI is InChI=1S/C19H15BrO2/c1-12-7-8-14-16(11-12)19(22)18(21)15(9-10-20)17(14)13-5-3-2-4-6-13/h2-8,11H,9-10H2,1H3. The first-order valence-corrected chi connectivity index (χ1v) is 8.30. The van der Waals surface area contributed by atoms with Gasteiger partial charge in [-0.15, -0.1) is 0 Å². The van der Waals surface area contributed by atoms with Crippen molar-refractivity contribution in [3.8, 4) is 0 Å². The molecule has 0 bridgehead atoms. The molecule has 1 aliphatic carbocycles. The number of benzene rings is 2. The third-order valence-electron chi connectivity index (χ3n) is 3.88. The smallest absolute Gasteiger partial charge is 0.233 e. The molecule has 0 heterocycles. The maximum Gasteiger partial charge on any atom is 0.233 e. The van der Waals surface area contributed by atoms with Crippen LogP contribution in [0.25, 0.3) is 5.57 Å². The molecule has 0 aromatic heterocycles. The molecule has 0 radical (unpaired) electrons. The zero-order chi connectivity index (χ0) is 15.7. The normalized spacial score (nSPS) is 14.3. The molecule has 0 spiro atoms. The van der Waals surface area contributed by atoms with Crippen molar-refractivity contribution in [2.75, 3.05) is 5.33 Å². The molecule has 110 valence electrons. The lowest BCUT2D eigenvalue weighted by Crippen LogP contribution is -2.24. The zero-order valence-electron chi connectivity index (χ0n) is 12.2. The molecular weight excluding hydrogens is 340 g/mol. The van der Waals surface area contributed by atoms with Crippen LogP contribution in [0.15, 0.2) is 54.1 Å². The third kappa shape index (κ3) is 2.46. The average molecular weight is 355 g/mol. The van der Waals surface area contributed by atoms with Crippen molar-refractivity contribution in [2.24, 2.45) is 0 Å². The molecule has 22 heavy (non-hydrogen) atoms. The van der Waals surface area contributed by atoms with Gasteiger partial charge in [0.1, 0.15) is 0 Å². The van der Waals surface area contributed by atoms with Gasteiger partial charge in [-0.25, -0.2) is 0 Å². The first kappa shape index (κ1) is 14.9. The van der Waals surface area contributed by atoms with E-state index in [1.165, 1.54) is 0 Å². The minimum absolute atomic E-state index is 0.378. The summed E-state index contributed by atoms with van der Waals surface area (Å²) in [5.74, 6) is -0.772. The molecule has 0 aliphatic heterocycles. The number of aryl methyl sites for hydroxylation is 1. The maximum atomic E-state index is 12.5. The van der Waals surface area contributed by atoms with E-state index in [0.29, 0.717) is 22.9 Å². The Morgan fingerprint density at radius 1 is 0.909 bits per heavy atom. The molecule has 2 aromatic carbocycles. The van der Waals surface area contributed by atoms with E-state index >= 15 is 0 Å². The zero-order valence-corrected chi connectivity index (χ0v) is 13.8. The Morgan fingerprint density at radius 3 is 2.32 bits per heavy atom. The highest BCUT2D eigenvalue weighted by molar-refractivity contribution is 9.09. The van der Waals surface area contributed by atoms with Crippen molar-refractivity contribution in [2.45, 2.75) is 13.3 Å². The summed E-state index contributed by atoms with van der Waals surface area (Å²) in [7, 11) is 0. The summed E-state index contributed by atoms with van der Waals surface area (Å²) >= 11 is 3.39. The second-order valence-corrected chi connectivity index (χ2v) is 6.16. The predicted octanol–water partition coefficient (Wildman–Crippen LogP) is 4.35. The van der Waals surface area contributed by atoms with Crippen LogP contribution >= 0.6 is 15.9 Å². The van der Waals surface area contributed by atoms with Gasteiger partial charge in [-0.2, -0.15) is 0 Å². The average Bonchev–Trinajstić information content (AvgIpc) is 2.54. The Balaban J connectivity index is 2.33. The molecule has 1 aliphatic rings. The largest absolute Gasteiger partial charge is 0.285 e.